The number of nitrogens with zero attached hydrogens (tertiary/aromatic N) is 1. The molecule has 0 aliphatic carbocycles. The van der Waals surface area contributed by atoms with Gasteiger partial charge in [0.1, 0.15) is 0 Å². The van der Waals surface area contributed by atoms with Gasteiger partial charge in [0.25, 0.3) is 0 Å². The molecule has 2 aliphatic heterocycles. The predicted molar refractivity (Wildman–Crippen MR) is 44.6 cm³/mol. The van der Waals surface area contributed by atoms with Crippen LogP contribution < -0.4 is 0 Å². The van der Waals surface area contributed by atoms with Crippen LogP contribution in [0.2, 0.25) is 0 Å². The van der Waals surface area contributed by atoms with Crippen LogP contribution in [0.4, 0.5) is 0 Å². The van der Waals surface area contributed by atoms with Crippen molar-refractivity contribution in [3.05, 3.63) is 0 Å². The van der Waals surface area contributed by atoms with Crippen molar-refractivity contribution < 1.29 is 4.74 Å². The molecule has 2 rings (SSSR count). The number of rotatable bonds is 1. The van der Waals surface area contributed by atoms with Crippen molar-refractivity contribution in [3.63, 3.8) is 0 Å². The summed E-state index contributed by atoms with van der Waals surface area (Å²) >= 11 is 0. The van der Waals surface area contributed by atoms with Gasteiger partial charge in [-0.1, -0.05) is 6.92 Å². The van der Waals surface area contributed by atoms with Crippen LogP contribution in [0.25, 0.3) is 0 Å². The van der Waals surface area contributed by atoms with Gasteiger partial charge in [-0.15, -0.1) is 0 Å². The first-order valence-corrected chi connectivity index (χ1v) is 4.65. The zero-order chi connectivity index (χ0) is 7.73. The normalized spacial score (nSPS) is 39.0. The third-order valence-electron chi connectivity index (χ3n) is 3.15. The Morgan fingerprint density at radius 1 is 1.45 bits per heavy atom. The first kappa shape index (κ1) is 7.56. The van der Waals surface area contributed by atoms with Crippen molar-refractivity contribution in [2.24, 2.45) is 5.41 Å². The Balaban J connectivity index is 1.96. The van der Waals surface area contributed by atoms with Crippen molar-refractivity contribution in [2.45, 2.75) is 19.8 Å². The molecule has 0 N–H and O–H groups in total. The van der Waals surface area contributed by atoms with E-state index in [4.69, 9.17) is 4.74 Å². The van der Waals surface area contributed by atoms with E-state index in [-0.39, 0.29) is 0 Å². The molecule has 2 nitrogen and oxygen atoms in total. The van der Waals surface area contributed by atoms with Crippen LogP contribution in [-0.4, -0.2) is 37.7 Å². The molecule has 64 valence electrons. The Morgan fingerprint density at radius 2 is 2.36 bits per heavy atom. The summed E-state index contributed by atoms with van der Waals surface area (Å²) in [5, 5.41) is 0. The SMILES string of the molecule is CCN1CCC2(CCOC2)C1. The van der Waals surface area contributed by atoms with E-state index in [0.29, 0.717) is 5.41 Å². The second kappa shape index (κ2) is 2.76. The fourth-order valence-electron chi connectivity index (χ4n) is 2.27. The summed E-state index contributed by atoms with van der Waals surface area (Å²) in [6.45, 7) is 8.04. The predicted octanol–water partition coefficient (Wildman–Crippen LogP) is 1.12. The lowest BCUT2D eigenvalue weighted by Crippen LogP contribution is -2.27. The molecule has 0 radical (unpaired) electrons. The Hall–Kier alpha value is -0.0800. The van der Waals surface area contributed by atoms with Gasteiger partial charge in [0.15, 0.2) is 0 Å². The molecule has 11 heavy (non-hydrogen) atoms. The highest BCUT2D eigenvalue weighted by molar-refractivity contribution is 4.91. The van der Waals surface area contributed by atoms with Crippen LogP contribution in [-0.2, 0) is 4.74 Å². The maximum Gasteiger partial charge on any atom is 0.0536 e. The van der Waals surface area contributed by atoms with Gasteiger partial charge in [-0.05, 0) is 25.9 Å². The second-order valence-corrected chi connectivity index (χ2v) is 3.92. The highest BCUT2D eigenvalue weighted by atomic mass is 16.5. The lowest BCUT2D eigenvalue weighted by Gasteiger charge is -2.20. The van der Waals surface area contributed by atoms with Crippen molar-refractivity contribution in [3.8, 4) is 0 Å². The smallest absolute Gasteiger partial charge is 0.0536 e. The molecule has 0 aromatic rings. The molecule has 0 bridgehead atoms. The van der Waals surface area contributed by atoms with Gasteiger partial charge < -0.3 is 9.64 Å². The molecule has 0 amide bonds. The number of ether oxygens (including phenoxy) is 1. The monoisotopic (exact) mass is 155 g/mol. The highest BCUT2D eigenvalue weighted by Gasteiger charge is 2.40. The van der Waals surface area contributed by atoms with Gasteiger partial charge in [0, 0.05) is 18.6 Å². The summed E-state index contributed by atoms with van der Waals surface area (Å²) < 4.78 is 5.45. The Bertz CT molecular complexity index is 140. The largest absolute Gasteiger partial charge is 0.381 e. The van der Waals surface area contributed by atoms with Crippen LogP contribution in [0.3, 0.4) is 0 Å². The summed E-state index contributed by atoms with van der Waals surface area (Å²) in [5.41, 5.74) is 0.565. The minimum Gasteiger partial charge on any atom is -0.381 e. The fourth-order valence-corrected chi connectivity index (χ4v) is 2.27. The van der Waals surface area contributed by atoms with Gasteiger partial charge in [-0.25, -0.2) is 0 Å². The Kier molecular flexibility index (Phi) is 1.90. The van der Waals surface area contributed by atoms with Crippen LogP contribution in [0.1, 0.15) is 19.8 Å². The molecular formula is C9H17NO. The van der Waals surface area contributed by atoms with Gasteiger partial charge in [-0.3, -0.25) is 0 Å². The maximum absolute atomic E-state index is 5.45. The summed E-state index contributed by atoms with van der Waals surface area (Å²) in [7, 11) is 0. The van der Waals surface area contributed by atoms with Gasteiger partial charge in [-0.2, -0.15) is 0 Å². The van der Waals surface area contributed by atoms with E-state index in [1.807, 2.05) is 0 Å². The van der Waals surface area contributed by atoms with Gasteiger partial charge in [0.2, 0.25) is 0 Å². The van der Waals surface area contributed by atoms with Gasteiger partial charge >= 0.3 is 0 Å². The van der Waals surface area contributed by atoms with E-state index in [1.54, 1.807) is 0 Å². The summed E-state index contributed by atoms with van der Waals surface area (Å²) in [6.07, 6.45) is 2.66. The first-order valence-electron chi connectivity index (χ1n) is 4.65. The fraction of sp³-hybridized carbons (Fsp3) is 1.00. The van der Waals surface area contributed by atoms with Crippen LogP contribution in [0, 0.1) is 5.41 Å². The van der Waals surface area contributed by atoms with Crippen molar-refractivity contribution in [2.75, 3.05) is 32.8 Å². The molecular weight excluding hydrogens is 138 g/mol. The molecule has 0 aromatic carbocycles. The topological polar surface area (TPSA) is 12.5 Å². The van der Waals surface area contributed by atoms with Crippen LogP contribution in [0.15, 0.2) is 0 Å². The first-order chi connectivity index (χ1) is 5.35. The van der Waals surface area contributed by atoms with Crippen LogP contribution in [0.5, 0.6) is 0 Å². The maximum atomic E-state index is 5.45. The average molecular weight is 155 g/mol. The van der Waals surface area contributed by atoms with E-state index in [2.05, 4.69) is 11.8 Å². The van der Waals surface area contributed by atoms with E-state index in [0.717, 1.165) is 13.2 Å². The second-order valence-electron chi connectivity index (χ2n) is 3.92. The standard InChI is InChI=1S/C9H17NO/c1-2-10-5-3-9(7-10)4-6-11-8-9/h2-8H2,1H3. The molecule has 0 aromatic heterocycles. The molecule has 2 aliphatic rings. The van der Waals surface area contributed by atoms with Crippen LogP contribution >= 0.6 is 0 Å². The molecule has 2 fully saturated rings. The molecule has 1 spiro atoms. The molecule has 1 unspecified atom stereocenters. The number of hydrogen-bond donors (Lipinski definition) is 0. The average Bonchev–Trinajstić information content (AvgIpc) is 2.62. The van der Waals surface area contributed by atoms with Crippen molar-refractivity contribution in [1.82, 2.24) is 4.90 Å². The number of hydrogen-bond acceptors (Lipinski definition) is 2. The summed E-state index contributed by atoms with van der Waals surface area (Å²) in [5.74, 6) is 0. The molecule has 2 saturated heterocycles. The molecule has 2 heteroatoms. The third kappa shape index (κ3) is 1.30. The summed E-state index contributed by atoms with van der Waals surface area (Å²) in [4.78, 5) is 2.54. The lowest BCUT2D eigenvalue weighted by molar-refractivity contribution is 0.153. The van der Waals surface area contributed by atoms with E-state index in [1.165, 1.54) is 32.5 Å². The Morgan fingerprint density at radius 3 is 2.91 bits per heavy atom. The minimum atomic E-state index is 0.565. The summed E-state index contributed by atoms with van der Waals surface area (Å²) in [6, 6.07) is 0. The zero-order valence-corrected chi connectivity index (χ0v) is 7.31. The lowest BCUT2D eigenvalue weighted by atomic mass is 9.87. The van der Waals surface area contributed by atoms with Gasteiger partial charge in [0.05, 0.1) is 6.61 Å². The highest BCUT2D eigenvalue weighted by Crippen LogP contribution is 2.37. The van der Waals surface area contributed by atoms with Crippen molar-refractivity contribution in [1.29, 1.82) is 0 Å². The van der Waals surface area contributed by atoms with E-state index < -0.39 is 0 Å². The van der Waals surface area contributed by atoms with E-state index >= 15 is 0 Å². The number of likely N-dealkylation sites (tertiary alicyclic amines) is 1. The van der Waals surface area contributed by atoms with E-state index in [9.17, 15) is 0 Å². The quantitative estimate of drug-likeness (QED) is 0.562. The zero-order valence-electron chi connectivity index (χ0n) is 7.31. The Labute approximate surface area is 68.5 Å². The molecule has 1 atom stereocenters. The van der Waals surface area contributed by atoms with Crippen molar-refractivity contribution >= 4 is 0 Å². The third-order valence-corrected chi connectivity index (χ3v) is 3.15. The minimum absolute atomic E-state index is 0.565. The molecule has 2 heterocycles. The molecule has 0 saturated carbocycles.